The van der Waals surface area contributed by atoms with Crippen molar-refractivity contribution in [2.75, 3.05) is 0 Å². The first-order chi connectivity index (χ1) is 13.6. The van der Waals surface area contributed by atoms with E-state index in [0.29, 0.717) is 22.1 Å². The molecule has 28 heavy (non-hydrogen) atoms. The summed E-state index contributed by atoms with van der Waals surface area (Å²) in [4.78, 5) is 12.4. The Morgan fingerprint density at radius 1 is 1.00 bits per heavy atom. The van der Waals surface area contributed by atoms with Crippen molar-refractivity contribution in [3.8, 4) is 11.3 Å². The Bertz CT molecular complexity index is 1180. The minimum atomic E-state index is -0.354. The topological polar surface area (TPSA) is 70.1 Å². The second kappa shape index (κ2) is 7.66. The maximum atomic E-state index is 12.4. The van der Waals surface area contributed by atoms with Gasteiger partial charge in [-0.2, -0.15) is 10.2 Å². The lowest BCUT2D eigenvalue weighted by atomic mass is 10.1. The van der Waals surface area contributed by atoms with Crippen LogP contribution in [-0.2, 0) is 0 Å². The quantitative estimate of drug-likeness (QED) is 0.380. The Morgan fingerprint density at radius 3 is 2.54 bits per heavy atom. The number of fused-ring (bicyclic) bond motifs is 1. The van der Waals surface area contributed by atoms with Gasteiger partial charge in [0, 0.05) is 10.6 Å². The normalized spacial score (nSPS) is 11.6. The molecule has 5 nitrogen and oxygen atoms in total. The zero-order chi connectivity index (χ0) is 19.5. The first kappa shape index (κ1) is 17.9. The molecule has 1 heterocycles. The molecular weight excluding hydrogens is 372 g/mol. The maximum absolute atomic E-state index is 12.4. The van der Waals surface area contributed by atoms with Crippen LogP contribution in [0.1, 0.15) is 23.0 Å². The van der Waals surface area contributed by atoms with Gasteiger partial charge in [0.25, 0.3) is 5.91 Å². The molecule has 0 saturated carbocycles. The fourth-order valence-electron chi connectivity index (χ4n) is 2.89. The number of benzene rings is 3. The summed E-state index contributed by atoms with van der Waals surface area (Å²) in [6.45, 7) is 1.82. The molecular formula is C22H17ClN4O. The number of amides is 1. The van der Waals surface area contributed by atoms with Crippen molar-refractivity contribution < 1.29 is 4.79 Å². The summed E-state index contributed by atoms with van der Waals surface area (Å²) < 4.78 is 0. The summed E-state index contributed by atoms with van der Waals surface area (Å²) in [6.07, 6.45) is 0. The number of hydrogen-bond acceptors (Lipinski definition) is 3. The van der Waals surface area contributed by atoms with Crippen LogP contribution in [0.2, 0.25) is 5.02 Å². The predicted octanol–water partition coefficient (Wildman–Crippen LogP) is 5.04. The van der Waals surface area contributed by atoms with Gasteiger partial charge in [0.1, 0.15) is 5.69 Å². The SMILES string of the molecule is CC(=NNC(=O)c1cc(-c2ccc3ccccc3c2)n[nH]1)c1ccc(Cl)cc1. The number of hydrogen-bond donors (Lipinski definition) is 2. The number of nitrogens with zero attached hydrogens (tertiary/aromatic N) is 2. The number of carbonyl (C=O) groups excluding carboxylic acids is 1. The highest BCUT2D eigenvalue weighted by Crippen LogP contribution is 2.23. The second-order valence-electron chi connectivity index (χ2n) is 6.37. The molecule has 0 aliphatic heterocycles. The van der Waals surface area contributed by atoms with Gasteiger partial charge in [0.05, 0.1) is 11.4 Å². The van der Waals surface area contributed by atoms with Gasteiger partial charge in [-0.15, -0.1) is 0 Å². The van der Waals surface area contributed by atoms with Crippen LogP contribution in [0.15, 0.2) is 77.9 Å². The Balaban J connectivity index is 1.50. The molecule has 4 aromatic rings. The van der Waals surface area contributed by atoms with Gasteiger partial charge < -0.3 is 0 Å². The van der Waals surface area contributed by atoms with Gasteiger partial charge in [-0.05, 0) is 47.5 Å². The Hall–Kier alpha value is -3.44. The number of carbonyl (C=O) groups is 1. The van der Waals surface area contributed by atoms with Crippen LogP contribution >= 0.6 is 11.6 Å². The van der Waals surface area contributed by atoms with Crippen molar-refractivity contribution in [1.82, 2.24) is 15.6 Å². The largest absolute Gasteiger partial charge is 0.289 e. The standard InChI is InChI=1S/C22H17ClN4O/c1-14(15-8-10-19(23)11-9-15)24-27-22(28)21-13-20(25-26-21)18-7-6-16-4-2-3-5-17(16)12-18/h2-13H,1H3,(H,25,26)(H,27,28). The van der Waals surface area contributed by atoms with Crippen molar-refractivity contribution in [1.29, 1.82) is 0 Å². The number of halogens is 1. The number of H-pyrrole nitrogens is 1. The molecule has 4 rings (SSSR count). The lowest BCUT2D eigenvalue weighted by molar-refractivity contribution is 0.0950. The van der Waals surface area contributed by atoms with E-state index in [1.807, 2.05) is 49.4 Å². The Morgan fingerprint density at radius 2 is 1.75 bits per heavy atom. The maximum Gasteiger partial charge on any atom is 0.289 e. The molecule has 0 radical (unpaired) electrons. The summed E-state index contributed by atoms with van der Waals surface area (Å²) in [5.41, 5.74) is 6.10. The molecule has 1 aromatic heterocycles. The lowest BCUT2D eigenvalue weighted by Gasteiger charge is -2.02. The third-order valence-corrected chi connectivity index (χ3v) is 4.71. The molecule has 0 atom stereocenters. The first-order valence-electron chi connectivity index (χ1n) is 8.75. The number of nitrogens with one attached hydrogen (secondary N) is 2. The lowest BCUT2D eigenvalue weighted by Crippen LogP contribution is -2.19. The summed E-state index contributed by atoms with van der Waals surface area (Å²) in [6, 6.07) is 23.2. The van der Waals surface area contributed by atoms with Crippen LogP contribution in [0, 0.1) is 0 Å². The smallest absolute Gasteiger partial charge is 0.272 e. The summed E-state index contributed by atoms with van der Waals surface area (Å²) in [7, 11) is 0. The van der Waals surface area contributed by atoms with E-state index in [4.69, 9.17) is 11.6 Å². The van der Waals surface area contributed by atoms with Crippen molar-refractivity contribution in [2.45, 2.75) is 6.92 Å². The molecule has 0 aliphatic carbocycles. The molecule has 0 unspecified atom stereocenters. The van der Waals surface area contributed by atoms with Crippen LogP contribution in [0.5, 0.6) is 0 Å². The van der Waals surface area contributed by atoms with Gasteiger partial charge >= 0.3 is 0 Å². The van der Waals surface area contributed by atoms with Gasteiger partial charge in [0.2, 0.25) is 0 Å². The number of aromatic amines is 1. The third-order valence-electron chi connectivity index (χ3n) is 4.45. The van der Waals surface area contributed by atoms with Crippen molar-refractivity contribution >= 4 is 34.0 Å². The van der Waals surface area contributed by atoms with E-state index >= 15 is 0 Å². The van der Waals surface area contributed by atoms with E-state index in [1.54, 1.807) is 18.2 Å². The highest BCUT2D eigenvalue weighted by Gasteiger charge is 2.11. The summed E-state index contributed by atoms with van der Waals surface area (Å²) >= 11 is 5.89. The van der Waals surface area contributed by atoms with Crippen LogP contribution < -0.4 is 5.43 Å². The van der Waals surface area contributed by atoms with Crippen LogP contribution in [0.4, 0.5) is 0 Å². The van der Waals surface area contributed by atoms with Crippen LogP contribution in [0.3, 0.4) is 0 Å². The predicted molar refractivity (Wildman–Crippen MR) is 113 cm³/mol. The van der Waals surface area contributed by atoms with E-state index in [9.17, 15) is 4.79 Å². The fourth-order valence-corrected chi connectivity index (χ4v) is 3.01. The monoisotopic (exact) mass is 388 g/mol. The molecule has 0 saturated heterocycles. The highest BCUT2D eigenvalue weighted by molar-refractivity contribution is 6.30. The second-order valence-corrected chi connectivity index (χ2v) is 6.81. The Labute approximate surface area is 167 Å². The van der Waals surface area contributed by atoms with Crippen molar-refractivity contribution in [3.63, 3.8) is 0 Å². The van der Waals surface area contributed by atoms with Gasteiger partial charge in [-0.1, -0.05) is 60.1 Å². The minimum Gasteiger partial charge on any atom is -0.272 e. The molecule has 0 spiro atoms. The van der Waals surface area contributed by atoms with E-state index in [0.717, 1.165) is 21.9 Å². The van der Waals surface area contributed by atoms with Crippen molar-refractivity contribution in [2.24, 2.45) is 5.10 Å². The van der Waals surface area contributed by atoms with Gasteiger partial charge in [-0.3, -0.25) is 9.89 Å². The number of hydrazone groups is 1. The average molecular weight is 389 g/mol. The zero-order valence-electron chi connectivity index (χ0n) is 15.1. The van der Waals surface area contributed by atoms with E-state index in [-0.39, 0.29) is 5.91 Å². The minimum absolute atomic E-state index is 0.343. The summed E-state index contributed by atoms with van der Waals surface area (Å²) in [5, 5.41) is 14.1. The van der Waals surface area contributed by atoms with Crippen LogP contribution in [0.25, 0.3) is 22.0 Å². The Kier molecular flexibility index (Phi) is 4.91. The molecule has 6 heteroatoms. The molecule has 138 valence electrons. The van der Waals surface area contributed by atoms with E-state index in [2.05, 4.69) is 32.9 Å². The van der Waals surface area contributed by atoms with E-state index < -0.39 is 0 Å². The summed E-state index contributed by atoms with van der Waals surface area (Å²) in [5.74, 6) is -0.354. The van der Waals surface area contributed by atoms with Crippen molar-refractivity contribution in [3.05, 3.63) is 89.1 Å². The number of aromatic nitrogens is 2. The van der Waals surface area contributed by atoms with E-state index in [1.165, 1.54) is 0 Å². The molecule has 0 bridgehead atoms. The van der Waals surface area contributed by atoms with Crippen LogP contribution in [-0.4, -0.2) is 21.8 Å². The first-order valence-corrected chi connectivity index (χ1v) is 9.13. The number of rotatable bonds is 4. The zero-order valence-corrected chi connectivity index (χ0v) is 15.9. The fraction of sp³-hybridized carbons (Fsp3) is 0.0455. The van der Waals surface area contributed by atoms with Gasteiger partial charge in [-0.25, -0.2) is 5.43 Å². The third kappa shape index (κ3) is 3.80. The molecule has 3 aromatic carbocycles. The molecule has 2 N–H and O–H groups in total. The average Bonchev–Trinajstić information content (AvgIpc) is 3.22. The molecule has 1 amide bonds. The molecule has 0 aliphatic rings. The molecule has 0 fully saturated rings. The van der Waals surface area contributed by atoms with Gasteiger partial charge in [0.15, 0.2) is 0 Å². The highest BCUT2D eigenvalue weighted by atomic mass is 35.5.